The molecule has 0 saturated carbocycles. The number of methoxy groups -OCH3 is 1. The van der Waals surface area contributed by atoms with Crippen LogP contribution in [0.3, 0.4) is 0 Å². The van der Waals surface area contributed by atoms with Gasteiger partial charge in [0.1, 0.15) is 19.0 Å². The molecular weight excluding hydrogens is 306 g/mol. The van der Waals surface area contributed by atoms with Crippen LogP contribution in [0.4, 0.5) is 5.69 Å². The predicted octanol–water partition coefficient (Wildman–Crippen LogP) is 2.06. The van der Waals surface area contributed by atoms with Crippen molar-refractivity contribution in [3.05, 3.63) is 53.9 Å². The third kappa shape index (κ3) is 4.31. The maximum absolute atomic E-state index is 11.7. The van der Waals surface area contributed by atoms with Gasteiger partial charge < -0.3 is 14.8 Å². The number of pyridine rings is 1. The molecule has 0 spiro atoms. The Morgan fingerprint density at radius 3 is 3.08 bits per heavy atom. The summed E-state index contributed by atoms with van der Waals surface area (Å²) in [6.07, 6.45) is 1.81. The number of fused-ring (bicyclic) bond motifs is 1. The van der Waals surface area contributed by atoms with E-state index < -0.39 is 0 Å². The number of aromatic nitrogens is 1. The van der Waals surface area contributed by atoms with E-state index in [1.165, 1.54) is 7.11 Å². The third-order valence-corrected chi connectivity index (χ3v) is 3.79. The van der Waals surface area contributed by atoms with Crippen molar-refractivity contribution in [1.82, 2.24) is 9.88 Å². The monoisotopic (exact) mass is 327 g/mol. The topological polar surface area (TPSA) is 63.7 Å². The molecule has 3 rings (SSSR count). The predicted molar refractivity (Wildman–Crippen MR) is 90.8 cm³/mol. The van der Waals surface area contributed by atoms with Gasteiger partial charge in [-0.3, -0.25) is 14.7 Å². The zero-order valence-electron chi connectivity index (χ0n) is 13.7. The second-order valence-electron chi connectivity index (χ2n) is 5.68. The number of amides is 1. The second kappa shape index (κ2) is 7.90. The van der Waals surface area contributed by atoms with Crippen molar-refractivity contribution in [2.45, 2.75) is 13.1 Å². The summed E-state index contributed by atoms with van der Waals surface area (Å²) in [4.78, 5) is 18.3. The lowest BCUT2D eigenvalue weighted by molar-refractivity contribution is -0.119. The van der Waals surface area contributed by atoms with Crippen molar-refractivity contribution in [1.29, 1.82) is 0 Å². The summed E-state index contributed by atoms with van der Waals surface area (Å²) in [6.45, 7) is 3.02. The minimum absolute atomic E-state index is 0.0411. The zero-order chi connectivity index (χ0) is 16.8. The van der Waals surface area contributed by atoms with Gasteiger partial charge in [0.25, 0.3) is 0 Å². The molecule has 6 nitrogen and oxygen atoms in total. The summed E-state index contributed by atoms with van der Waals surface area (Å²) in [5.41, 5.74) is 2.84. The molecule has 1 aliphatic heterocycles. The Balaban J connectivity index is 1.72. The Bertz CT molecular complexity index is 691. The van der Waals surface area contributed by atoms with Gasteiger partial charge in [-0.05, 0) is 30.3 Å². The fourth-order valence-corrected chi connectivity index (χ4v) is 2.71. The first-order valence-electron chi connectivity index (χ1n) is 7.91. The van der Waals surface area contributed by atoms with E-state index in [4.69, 9.17) is 9.47 Å². The van der Waals surface area contributed by atoms with Gasteiger partial charge in [0, 0.05) is 44.2 Å². The highest BCUT2D eigenvalue weighted by Crippen LogP contribution is 2.27. The van der Waals surface area contributed by atoms with Crippen molar-refractivity contribution in [2.75, 3.05) is 32.2 Å². The van der Waals surface area contributed by atoms with Gasteiger partial charge in [-0.25, -0.2) is 0 Å². The molecule has 0 bridgehead atoms. The summed E-state index contributed by atoms with van der Waals surface area (Å²) in [5, 5.41) is 2.83. The molecule has 24 heavy (non-hydrogen) atoms. The minimum atomic E-state index is -0.169. The molecule has 2 aromatic rings. The van der Waals surface area contributed by atoms with Crippen LogP contribution >= 0.6 is 0 Å². The Kier molecular flexibility index (Phi) is 5.40. The van der Waals surface area contributed by atoms with Crippen molar-refractivity contribution in [3.8, 4) is 5.75 Å². The standard InChI is InChI=1S/C18H21N3O3/c1-23-13-18(22)20-15-5-6-17-14(10-15)11-21(8-9-24-17)12-16-4-2-3-7-19-16/h2-7,10H,8-9,11-13H2,1H3,(H,20,22). The van der Waals surface area contributed by atoms with Gasteiger partial charge in [-0.1, -0.05) is 6.07 Å². The van der Waals surface area contributed by atoms with Crippen LogP contribution in [-0.2, 0) is 22.6 Å². The molecule has 2 heterocycles. The van der Waals surface area contributed by atoms with E-state index in [2.05, 4.69) is 15.2 Å². The number of benzene rings is 1. The molecule has 1 aromatic heterocycles. The van der Waals surface area contributed by atoms with Crippen LogP contribution in [0.25, 0.3) is 0 Å². The van der Waals surface area contributed by atoms with Crippen LogP contribution in [0.2, 0.25) is 0 Å². The molecule has 0 unspecified atom stereocenters. The maximum Gasteiger partial charge on any atom is 0.250 e. The van der Waals surface area contributed by atoms with Crippen molar-refractivity contribution < 1.29 is 14.3 Å². The van der Waals surface area contributed by atoms with E-state index in [0.717, 1.165) is 42.3 Å². The summed E-state index contributed by atoms with van der Waals surface area (Å²) in [7, 11) is 1.50. The third-order valence-electron chi connectivity index (χ3n) is 3.79. The molecule has 1 aromatic carbocycles. The molecule has 0 radical (unpaired) electrons. The van der Waals surface area contributed by atoms with Crippen LogP contribution in [0.5, 0.6) is 5.75 Å². The van der Waals surface area contributed by atoms with Crippen molar-refractivity contribution in [2.24, 2.45) is 0 Å². The molecule has 6 heteroatoms. The largest absolute Gasteiger partial charge is 0.492 e. The number of carbonyl (C=O) groups excluding carboxylic acids is 1. The number of rotatable bonds is 5. The van der Waals surface area contributed by atoms with Crippen molar-refractivity contribution in [3.63, 3.8) is 0 Å². The Morgan fingerprint density at radius 2 is 2.29 bits per heavy atom. The maximum atomic E-state index is 11.7. The molecule has 1 amide bonds. The number of carbonyl (C=O) groups is 1. The van der Waals surface area contributed by atoms with Crippen molar-refractivity contribution >= 4 is 11.6 Å². The average molecular weight is 327 g/mol. The summed E-state index contributed by atoms with van der Waals surface area (Å²) in [6, 6.07) is 11.6. The number of ether oxygens (including phenoxy) is 2. The molecule has 0 fully saturated rings. The number of nitrogens with one attached hydrogen (secondary N) is 1. The van der Waals surface area contributed by atoms with Gasteiger partial charge in [0.15, 0.2) is 0 Å². The Morgan fingerprint density at radius 1 is 1.38 bits per heavy atom. The lowest BCUT2D eigenvalue weighted by Crippen LogP contribution is -2.25. The van der Waals surface area contributed by atoms with Gasteiger partial charge >= 0.3 is 0 Å². The Labute approximate surface area is 141 Å². The second-order valence-corrected chi connectivity index (χ2v) is 5.68. The highest BCUT2D eigenvalue weighted by molar-refractivity contribution is 5.91. The average Bonchev–Trinajstić information content (AvgIpc) is 2.77. The van der Waals surface area contributed by atoms with Crippen LogP contribution in [0, 0.1) is 0 Å². The van der Waals surface area contributed by atoms with E-state index >= 15 is 0 Å². The van der Waals surface area contributed by atoms with Gasteiger partial charge in [-0.2, -0.15) is 0 Å². The first-order valence-corrected chi connectivity index (χ1v) is 7.91. The summed E-state index contributed by atoms with van der Waals surface area (Å²) >= 11 is 0. The minimum Gasteiger partial charge on any atom is -0.492 e. The van der Waals surface area contributed by atoms with E-state index in [0.29, 0.717) is 6.61 Å². The lowest BCUT2D eigenvalue weighted by atomic mass is 10.1. The van der Waals surface area contributed by atoms with Gasteiger partial charge in [-0.15, -0.1) is 0 Å². The number of hydrogen-bond donors (Lipinski definition) is 1. The number of nitrogens with zero attached hydrogens (tertiary/aromatic N) is 2. The molecular formula is C18H21N3O3. The quantitative estimate of drug-likeness (QED) is 0.911. The van der Waals surface area contributed by atoms with Crippen LogP contribution < -0.4 is 10.1 Å². The highest BCUT2D eigenvalue weighted by atomic mass is 16.5. The van der Waals surface area contributed by atoms with Crippen LogP contribution in [-0.4, -0.2) is 42.7 Å². The van der Waals surface area contributed by atoms with Crippen LogP contribution in [0.1, 0.15) is 11.3 Å². The zero-order valence-corrected chi connectivity index (χ0v) is 13.7. The van der Waals surface area contributed by atoms with Crippen LogP contribution in [0.15, 0.2) is 42.6 Å². The first-order chi connectivity index (χ1) is 11.7. The SMILES string of the molecule is COCC(=O)Nc1ccc2c(c1)CN(Cc1ccccn1)CCO2. The smallest absolute Gasteiger partial charge is 0.250 e. The highest BCUT2D eigenvalue weighted by Gasteiger charge is 2.17. The lowest BCUT2D eigenvalue weighted by Gasteiger charge is -2.19. The molecule has 0 aliphatic carbocycles. The van der Waals surface area contributed by atoms with E-state index in [9.17, 15) is 4.79 Å². The molecule has 1 N–H and O–H groups in total. The number of hydrogen-bond acceptors (Lipinski definition) is 5. The summed E-state index contributed by atoms with van der Waals surface area (Å²) < 4.78 is 10.7. The summed E-state index contributed by atoms with van der Waals surface area (Å²) in [5.74, 6) is 0.695. The van der Waals surface area contributed by atoms with E-state index in [1.54, 1.807) is 6.20 Å². The first kappa shape index (κ1) is 16.4. The molecule has 0 saturated heterocycles. The van der Waals surface area contributed by atoms with Gasteiger partial charge in [0.05, 0.1) is 5.69 Å². The normalized spacial score (nSPS) is 14.4. The molecule has 1 aliphatic rings. The number of anilines is 1. The fraction of sp³-hybridized carbons (Fsp3) is 0.333. The molecule has 0 atom stereocenters. The fourth-order valence-electron chi connectivity index (χ4n) is 2.71. The van der Waals surface area contributed by atoms with E-state index in [1.807, 2.05) is 36.4 Å². The van der Waals surface area contributed by atoms with E-state index in [-0.39, 0.29) is 12.5 Å². The van der Waals surface area contributed by atoms with Gasteiger partial charge in [0.2, 0.25) is 5.91 Å². The Hall–Kier alpha value is -2.44. The molecule has 126 valence electrons.